The van der Waals surface area contributed by atoms with E-state index in [1.165, 1.54) is 0 Å². The molecule has 1 rings (SSSR count). The lowest BCUT2D eigenvalue weighted by atomic mass is 10.4. The molecule has 21 heavy (non-hydrogen) atoms. The van der Waals surface area contributed by atoms with Crippen LogP contribution in [0.4, 0.5) is 0 Å². The molecule has 6 nitrogen and oxygen atoms in total. The van der Waals surface area contributed by atoms with Crippen molar-refractivity contribution in [3.8, 4) is 0 Å². The highest BCUT2D eigenvalue weighted by molar-refractivity contribution is 7.90. The first-order valence-corrected chi connectivity index (χ1v) is 9.11. The van der Waals surface area contributed by atoms with Crippen molar-refractivity contribution < 1.29 is 8.42 Å². The van der Waals surface area contributed by atoms with Crippen molar-refractivity contribution in [3.63, 3.8) is 0 Å². The Hall–Kier alpha value is -0.920. The lowest BCUT2D eigenvalue weighted by molar-refractivity contribution is 0.534. The number of sulfonamides is 1. The molecule has 2 N–H and O–H groups in total. The van der Waals surface area contributed by atoms with E-state index in [-0.39, 0.29) is 0 Å². The molecule has 7 heteroatoms. The zero-order valence-electron chi connectivity index (χ0n) is 13.5. The van der Waals surface area contributed by atoms with Crippen LogP contribution < -0.4 is 10.0 Å². The maximum Gasteiger partial charge on any atom is 0.215 e. The van der Waals surface area contributed by atoms with Crippen molar-refractivity contribution in [3.05, 3.63) is 17.5 Å². The van der Waals surface area contributed by atoms with Crippen molar-refractivity contribution in [1.82, 2.24) is 19.8 Å². The third-order valence-electron chi connectivity index (χ3n) is 3.34. The summed E-state index contributed by atoms with van der Waals surface area (Å²) in [6.45, 7) is 10.3. The van der Waals surface area contributed by atoms with Crippen LogP contribution in [-0.4, -0.2) is 43.1 Å². The van der Waals surface area contributed by atoms with E-state index < -0.39 is 15.3 Å². The number of nitrogens with zero attached hydrogens (tertiary/aromatic N) is 2. The highest BCUT2D eigenvalue weighted by Gasteiger charge is 2.19. The summed E-state index contributed by atoms with van der Waals surface area (Å²) in [6.07, 6.45) is 1.74. The SMILES string of the molecule is CCCNCC(C)S(=O)(=O)NCCCn1nc(C)cc1C. The largest absolute Gasteiger partial charge is 0.315 e. The molecule has 0 radical (unpaired) electrons. The van der Waals surface area contributed by atoms with Gasteiger partial charge in [-0.2, -0.15) is 5.10 Å². The van der Waals surface area contributed by atoms with Gasteiger partial charge in [-0.1, -0.05) is 6.92 Å². The van der Waals surface area contributed by atoms with Gasteiger partial charge >= 0.3 is 0 Å². The van der Waals surface area contributed by atoms with Crippen LogP contribution in [0.15, 0.2) is 6.07 Å². The predicted octanol–water partition coefficient (Wildman–Crippen LogP) is 1.20. The molecule has 0 bridgehead atoms. The van der Waals surface area contributed by atoms with Gasteiger partial charge in [0.25, 0.3) is 0 Å². The summed E-state index contributed by atoms with van der Waals surface area (Å²) in [5.41, 5.74) is 2.09. The number of hydrogen-bond donors (Lipinski definition) is 2. The van der Waals surface area contributed by atoms with Crippen LogP contribution in [0.2, 0.25) is 0 Å². The van der Waals surface area contributed by atoms with Crippen molar-refractivity contribution >= 4 is 10.0 Å². The Morgan fingerprint density at radius 2 is 2.05 bits per heavy atom. The molecule has 1 unspecified atom stereocenters. The topological polar surface area (TPSA) is 76.0 Å². The van der Waals surface area contributed by atoms with Gasteiger partial charge in [-0.3, -0.25) is 4.68 Å². The second kappa shape index (κ2) is 8.51. The van der Waals surface area contributed by atoms with Crippen LogP contribution in [0.3, 0.4) is 0 Å². The zero-order chi connectivity index (χ0) is 15.9. The monoisotopic (exact) mass is 316 g/mol. The molecule has 122 valence electrons. The van der Waals surface area contributed by atoms with E-state index in [9.17, 15) is 8.42 Å². The van der Waals surface area contributed by atoms with E-state index in [1.54, 1.807) is 6.92 Å². The first-order valence-electron chi connectivity index (χ1n) is 7.57. The fourth-order valence-corrected chi connectivity index (χ4v) is 3.13. The van der Waals surface area contributed by atoms with Crippen LogP contribution in [0.25, 0.3) is 0 Å². The molecule has 1 atom stereocenters. The van der Waals surface area contributed by atoms with Crippen molar-refractivity contribution in [2.75, 3.05) is 19.6 Å². The molecule has 0 spiro atoms. The molecule has 0 fully saturated rings. The average Bonchev–Trinajstić information content (AvgIpc) is 2.73. The van der Waals surface area contributed by atoms with E-state index >= 15 is 0 Å². The second-order valence-electron chi connectivity index (χ2n) is 5.46. The van der Waals surface area contributed by atoms with Crippen LogP contribution in [0, 0.1) is 13.8 Å². The minimum atomic E-state index is -3.24. The van der Waals surface area contributed by atoms with Crippen LogP contribution >= 0.6 is 0 Å². The predicted molar refractivity (Wildman–Crippen MR) is 85.9 cm³/mol. The van der Waals surface area contributed by atoms with Gasteiger partial charge in [0.15, 0.2) is 0 Å². The quantitative estimate of drug-likeness (QED) is 0.636. The van der Waals surface area contributed by atoms with Gasteiger partial charge in [0, 0.05) is 25.3 Å². The fraction of sp³-hybridized carbons (Fsp3) is 0.786. The Bertz CT molecular complexity index is 525. The highest BCUT2D eigenvalue weighted by Crippen LogP contribution is 2.03. The fourth-order valence-electron chi connectivity index (χ4n) is 2.08. The van der Waals surface area contributed by atoms with E-state index in [1.807, 2.05) is 24.6 Å². The summed E-state index contributed by atoms with van der Waals surface area (Å²) in [7, 11) is -3.24. The molecule has 0 aliphatic heterocycles. The summed E-state index contributed by atoms with van der Waals surface area (Å²) in [5, 5.41) is 7.07. The Morgan fingerprint density at radius 1 is 1.33 bits per heavy atom. The number of nitrogens with one attached hydrogen (secondary N) is 2. The van der Waals surface area contributed by atoms with Crippen molar-refractivity contribution in [2.24, 2.45) is 0 Å². The normalized spacial score (nSPS) is 13.5. The first kappa shape index (κ1) is 18.1. The summed E-state index contributed by atoms with van der Waals surface area (Å²) >= 11 is 0. The minimum absolute atomic E-state index is 0.419. The Kier molecular flexibility index (Phi) is 7.34. The van der Waals surface area contributed by atoms with Gasteiger partial charge in [0.2, 0.25) is 10.0 Å². The van der Waals surface area contributed by atoms with Crippen LogP contribution in [0.1, 0.15) is 38.1 Å². The summed E-state index contributed by atoms with van der Waals surface area (Å²) in [4.78, 5) is 0. The van der Waals surface area contributed by atoms with Crippen LogP contribution in [-0.2, 0) is 16.6 Å². The van der Waals surface area contributed by atoms with Gasteiger partial charge in [-0.25, -0.2) is 13.1 Å². The molecule has 0 amide bonds. The molecule has 0 aliphatic carbocycles. The lowest BCUT2D eigenvalue weighted by Crippen LogP contribution is -2.39. The van der Waals surface area contributed by atoms with Gasteiger partial charge in [-0.15, -0.1) is 0 Å². The van der Waals surface area contributed by atoms with Gasteiger partial charge in [0.05, 0.1) is 10.9 Å². The lowest BCUT2D eigenvalue weighted by Gasteiger charge is -2.14. The Labute approximate surface area is 128 Å². The van der Waals surface area contributed by atoms with E-state index in [2.05, 4.69) is 22.1 Å². The summed E-state index contributed by atoms with van der Waals surface area (Å²) in [5.74, 6) is 0. The standard InChI is InChI=1S/C14H28N4O2S/c1-5-7-15-11-14(4)21(19,20)16-8-6-9-18-13(3)10-12(2)17-18/h10,14-16H,5-9,11H2,1-4H3. The maximum absolute atomic E-state index is 12.0. The molecular weight excluding hydrogens is 288 g/mol. The maximum atomic E-state index is 12.0. The zero-order valence-corrected chi connectivity index (χ0v) is 14.3. The van der Waals surface area contributed by atoms with Crippen LogP contribution in [0.5, 0.6) is 0 Å². The van der Waals surface area contributed by atoms with Gasteiger partial charge < -0.3 is 5.32 Å². The molecule has 0 aromatic carbocycles. The van der Waals surface area contributed by atoms with E-state index in [0.717, 1.165) is 37.3 Å². The average molecular weight is 316 g/mol. The highest BCUT2D eigenvalue weighted by atomic mass is 32.2. The first-order chi connectivity index (χ1) is 9.86. The third kappa shape index (κ3) is 6.15. The summed E-state index contributed by atoms with van der Waals surface area (Å²) < 4.78 is 28.7. The minimum Gasteiger partial charge on any atom is -0.315 e. The Morgan fingerprint density at radius 3 is 2.62 bits per heavy atom. The second-order valence-corrected chi connectivity index (χ2v) is 7.64. The molecule has 1 heterocycles. The molecule has 0 saturated carbocycles. The van der Waals surface area contributed by atoms with Crippen molar-refractivity contribution in [2.45, 2.75) is 52.3 Å². The van der Waals surface area contributed by atoms with Crippen molar-refractivity contribution in [1.29, 1.82) is 0 Å². The molecule has 1 aromatic rings. The number of hydrogen-bond acceptors (Lipinski definition) is 4. The van der Waals surface area contributed by atoms with E-state index in [0.29, 0.717) is 13.1 Å². The molecule has 1 aromatic heterocycles. The molecule has 0 aliphatic rings. The third-order valence-corrected chi connectivity index (χ3v) is 5.17. The number of rotatable bonds is 10. The van der Waals surface area contributed by atoms with Gasteiger partial charge in [0.1, 0.15) is 0 Å². The molecular formula is C14H28N4O2S. The van der Waals surface area contributed by atoms with E-state index in [4.69, 9.17) is 0 Å². The number of aryl methyl sites for hydroxylation is 3. The summed E-state index contributed by atoms with van der Waals surface area (Å²) in [6, 6.07) is 2.02. The Balaban J connectivity index is 2.31. The number of aromatic nitrogens is 2. The molecule has 0 saturated heterocycles. The van der Waals surface area contributed by atoms with Gasteiger partial charge in [-0.05, 0) is 46.2 Å². The smallest absolute Gasteiger partial charge is 0.215 e.